The third kappa shape index (κ3) is 2.31. The zero-order chi connectivity index (χ0) is 10.1. The molecule has 1 aromatic rings. The summed E-state index contributed by atoms with van der Waals surface area (Å²) in [5.74, 6) is 0. The molecule has 1 N–H and O–H groups in total. The van der Waals surface area contributed by atoms with Crippen LogP contribution >= 0.6 is 22.6 Å². The van der Waals surface area contributed by atoms with Crippen molar-refractivity contribution in [1.82, 2.24) is 4.98 Å². The molecular weight excluding hydrogens is 298 g/mol. The molecule has 0 fully saturated rings. The Kier molecular flexibility index (Phi) is 3.12. The van der Waals surface area contributed by atoms with Crippen LogP contribution in [0.2, 0.25) is 0 Å². The lowest BCUT2D eigenvalue weighted by molar-refractivity contribution is -0.139. The van der Waals surface area contributed by atoms with Crippen LogP contribution in [0.4, 0.5) is 13.2 Å². The Labute approximate surface area is 85.9 Å². The number of nitrogens with zero attached hydrogens (tertiary/aromatic N) is 1. The highest BCUT2D eigenvalue weighted by molar-refractivity contribution is 14.1. The lowest BCUT2D eigenvalue weighted by Gasteiger charge is -2.12. The van der Waals surface area contributed by atoms with Crippen molar-refractivity contribution in [3.8, 4) is 0 Å². The van der Waals surface area contributed by atoms with Crippen LogP contribution in [0.1, 0.15) is 11.1 Å². The van der Waals surface area contributed by atoms with E-state index in [-0.39, 0.29) is 9.13 Å². The molecule has 0 radical (unpaired) electrons. The van der Waals surface area contributed by atoms with Gasteiger partial charge in [-0.1, -0.05) is 0 Å². The van der Waals surface area contributed by atoms with Gasteiger partial charge in [-0.15, -0.1) is 0 Å². The summed E-state index contributed by atoms with van der Waals surface area (Å²) in [4.78, 5) is 3.56. The van der Waals surface area contributed by atoms with Crippen LogP contribution in [-0.2, 0) is 12.8 Å². The smallest absolute Gasteiger partial charge is 0.392 e. The average Bonchev–Trinajstić information content (AvgIpc) is 2.01. The van der Waals surface area contributed by atoms with Gasteiger partial charge < -0.3 is 5.11 Å². The van der Waals surface area contributed by atoms with Gasteiger partial charge in [0.25, 0.3) is 0 Å². The van der Waals surface area contributed by atoms with Crippen molar-refractivity contribution in [3.05, 3.63) is 27.1 Å². The first-order valence-electron chi connectivity index (χ1n) is 3.27. The summed E-state index contributed by atoms with van der Waals surface area (Å²) in [7, 11) is 0. The number of alkyl halides is 3. The molecular formula is C7H5F3INO. The zero-order valence-electron chi connectivity index (χ0n) is 6.27. The molecule has 2 nitrogen and oxygen atoms in total. The first-order chi connectivity index (χ1) is 5.96. The standard InChI is InChI=1S/C7H5F3INO/c8-7(9,10)6-4(3-13)1-12-2-5(6)11/h1-2,13H,3H2. The van der Waals surface area contributed by atoms with Gasteiger partial charge in [0.05, 0.1) is 12.2 Å². The molecule has 0 aromatic carbocycles. The molecule has 0 unspecified atom stereocenters. The fourth-order valence-corrected chi connectivity index (χ4v) is 1.73. The van der Waals surface area contributed by atoms with Gasteiger partial charge >= 0.3 is 6.18 Å². The second kappa shape index (κ2) is 3.79. The number of hydrogen-bond donors (Lipinski definition) is 1. The third-order valence-electron chi connectivity index (χ3n) is 1.43. The molecule has 72 valence electrons. The minimum absolute atomic E-state index is 0.00310. The van der Waals surface area contributed by atoms with E-state index in [1.807, 2.05) is 0 Å². The van der Waals surface area contributed by atoms with Crippen LogP contribution in [0, 0.1) is 3.57 Å². The normalized spacial score (nSPS) is 11.8. The number of aliphatic hydroxyl groups excluding tert-OH is 1. The van der Waals surface area contributed by atoms with E-state index in [0.29, 0.717) is 0 Å². The summed E-state index contributed by atoms with van der Waals surface area (Å²) < 4.78 is 37.1. The first kappa shape index (κ1) is 10.7. The molecule has 0 saturated carbocycles. The Morgan fingerprint density at radius 1 is 1.38 bits per heavy atom. The molecule has 0 aliphatic carbocycles. The molecule has 0 bridgehead atoms. The largest absolute Gasteiger partial charge is 0.417 e. The molecule has 0 saturated heterocycles. The topological polar surface area (TPSA) is 33.1 Å². The minimum Gasteiger partial charge on any atom is -0.392 e. The van der Waals surface area contributed by atoms with Gasteiger partial charge in [-0.05, 0) is 22.6 Å². The summed E-state index contributed by atoms with van der Waals surface area (Å²) in [6, 6.07) is 0. The van der Waals surface area contributed by atoms with Gasteiger partial charge in [0, 0.05) is 21.5 Å². The number of halogens is 4. The van der Waals surface area contributed by atoms with Crippen LogP contribution < -0.4 is 0 Å². The van der Waals surface area contributed by atoms with E-state index in [1.165, 1.54) is 0 Å². The highest BCUT2D eigenvalue weighted by Gasteiger charge is 2.35. The number of hydrogen-bond acceptors (Lipinski definition) is 2. The van der Waals surface area contributed by atoms with Crippen molar-refractivity contribution in [2.24, 2.45) is 0 Å². The van der Waals surface area contributed by atoms with E-state index in [9.17, 15) is 13.2 Å². The second-order valence-electron chi connectivity index (χ2n) is 2.31. The van der Waals surface area contributed by atoms with Crippen LogP contribution in [0.25, 0.3) is 0 Å². The van der Waals surface area contributed by atoms with E-state index in [1.54, 1.807) is 22.6 Å². The number of rotatable bonds is 1. The van der Waals surface area contributed by atoms with Crippen molar-refractivity contribution >= 4 is 22.6 Å². The summed E-state index contributed by atoms with van der Waals surface area (Å²) in [6.07, 6.45) is -2.30. The maximum atomic E-state index is 12.4. The highest BCUT2D eigenvalue weighted by atomic mass is 127. The molecule has 0 aliphatic heterocycles. The van der Waals surface area contributed by atoms with Gasteiger partial charge in [-0.25, -0.2) is 0 Å². The van der Waals surface area contributed by atoms with Gasteiger partial charge in [0.1, 0.15) is 0 Å². The van der Waals surface area contributed by atoms with Crippen molar-refractivity contribution in [2.75, 3.05) is 0 Å². The fraction of sp³-hybridized carbons (Fsp3) is 0.286. The summed E-state index contributed by atoms with van der Waals surface area (Å²) in [6.45, 7) is -0.654. The second-order valence-corrected chi connectivity index (χ2v) is 3.47. The predicted octanol–water partition coefficient (Wildman–Crippen LogP) is 2.20. The molecule has 6 heteroatoms. The Hall–Kier alpha value is -0.370. The number of aromatic nitrogens is 1. The van der Waals surface area contributed by atoms with Crippen molar-refractivity contribution in [3.63, 3.8) is 0 Å². The van der Waals surface area contributed by atoms with E-state index in [4.69, 9.17) is 5.11 Å². The van der Waals surface area contributed by atoms with Gasteiger partial charge in [0.2, 0.25) is 0 Å². The molecule has 0 amide bonds. The van der Waals surface area contributed by atoms with Gasteiger partial charge in [0.15, 0.2) is 0 Å². The number of pyridine rings is 1. The van der Waals surface area contributed by atoms with Crippen LogP contribution in [0.15, 0.2) is 12.4 Å². The van der Waals surface area contributed by atoms with Crippen molar-refractivity contribution in [1.29, 1.82) is 0 Å². The predicted molar refractivity (Wildman–Crippen MR) is 47.9 cm³/mol. The zero-order valence-corrected chi connectivity index (χ0v) is 8.43. The maximum Gasteiger partial charge on any atom is 0.417 e. The average molecular weight is 303 g/mol. The lowest BCUT2D eigenvalue weighted by Crippen LogP contribution is -2.12. The molecule has 0 aliphatic rings. The third-order valence-corrected chi connectivity index (χ3v) is 2.25. The first-order valence-corrected chi connectivity index (χ1v) is 4.35. The van der Waals surface area contributed by atoms with Crippen molar-refractivity contribution in [2.45, 2.75) is 12.8 Å². The van der Waals surface area contributed by atoms with E-state index in [0.717, 1.165) is 12.4 Å². The molecule has 0 atom stereocenters. The molecule has 1 rings (SSSR count). The maximum absolute atomic E-state index is 12.4. The summed E-state index contributed by atoms with van der Waals surface area (Å²) in [5.41, 5.74) is -0.995. The highest BCUT2D eigenvalue weighted by Crippen LogP contribution is 2.34. The van der Waals surface area contributed by atoms with Gasteiger partial charge in [-0.3, -0.25) is 4.98 Å². The Bertz CT molecular complexity index is 313. The summed E-state index contributed by atoms with van der Waals surface area (Å²) in [5, 5.41) is 8.66. The minimum atomic E-state index is -4.43. The molecule has 1 aromatic heterocycles. The van der Waals surface area contributed by atoms with Crippen LogP contribution in [-0.4, -0.2) is 10.1 Å². The van der Waals surface area contributed by atoms with Crippen molar-refractivity contribution < 1.29 is 18.3 Å². The molecule has 1 heterocycles. The molecule has 0 spiro atoms. The fourth-order valence-electron chi connectivity index (χ4n) is 0.913. The Morgan fingerprint density at radius 3 is 2.38 bits per heavy atom. The monoisotopic (exact) mass is 303 g/mol. The quantitative estimate of drug-likeness (QED) is 0.807. The summed E-state index contributed by atoms with van der Waals surface area (Å²) >= 11 is 1.54. The van der Waals surface area contributed by atoms with Crippen LogP contribution in [0.3, 0.4) is 0 Å². The number of aliphatic hydroxyl groups is 1. The van der Waals surface area contributed by atoms with E-state index in [2.05, 4.69) is 4.98 Å². The van der Waals surface area contributed by atoms with Gasteiger partial charge in [-0.2, -0.15) is 13.2 Å². The van der Waals surface area contributed by atoms with E-state index < -0.39 is 18.3 Å². The van der Waals surface area contributed by atoms with Crippen LogP contribution in [0.5, 0.6) is 0 Å². The van der Waals surface area contributed by atoms with E-state index >= 15 is 0 Å². The molecule has 13 heavy (non-hydrogen) atoms. The Balaban J connectivity index is 3.32. The Morgan fingerprint density at radius 2 is 2.00 bits per heavy atom. The lowest BCUT2D eigenvalue weighted by atomic mass is 10.1. The SMILES string of the molecule is OCc1cncc(I)c1C(F)(F)F.